The second-order valence-corrected chi connectivity index (χ2v) is 6.32. The van der Waals surface area contributed by atoms with Crippen LogP contribution in [-0.2, 0) is 4.79 Å². The molecular weight excluding hydrogens is 276 g/mol. The van der Waals surface area contributed by atoms with Crippen LogP contribution in [0, 0.1) is 0 Å². The lowest BCUT2D eigenvalue weighted by atomic mass is 9.99. The quantitative estimate of drug-likeness (QED) is 0.902. The fraction of sp³-hybridized carbons (Fsp3) is 0.429. The monoisotopic (exact) mass is 292 g/mol. The summed E-state index contributed by atoms with van der Waals surface area (Å²) in [5.41, 5.74) is 0.807. The van der Waals surface area contributed by atoms with Crippen LogP contribution in [-0.4, -0.2) is 33.9 Å². The molecule has 5 nitrogen and oxygen atoms in total. The normalized spacial score (nSPS) is 26.1. The fourth-order valence-electron chi connectivity index (χ4n) is 2.67. The molecule has 1 saturated carbocycles. The number of carboxylic acids is 1. The van der Waals surface area contributed by atoms with E-state index in [9.17, 15) is 9.90 Å². The second-order valence-electron chi connectivity index (χ2n) is 5.07. The smallest absolute Gasteiger partial charge is 0.323 e. The van der Waals surface area contributed by atoms with E-state index in [-0.39, 0.29) is 5.25 Å². The fourth-order valence-corrected chi connectivity index (χ4v) is 3.85. The van der Waals surface area contributed by atoms with E-state index < -0.39 is 11.5 Å². The first-order valence-electron chi connectivity index (χ1n) is 6.57. The molecule has 0 radical (unpaired) electrons. The molecule has 3 rings (SSSR count). The number of hydrogen-bond acceptors (Lipinski definition) is 5. The highest BCUT2D eigenvalue weighted by Crippen LogP contribution is 2.40. The van der Waals surface area contributed by atoms with Crippen LogP contribution in [0.1, 0.15) is 19.3 Å². The summed E-state index contributed by atoms with van der Waals surface area (Å²) in [4.78, 5) is 15.8. The Labute approximate surface area is 120 Å². The van der Waals surface area contributed by atoms with Crippen molar-refractivity contribution in [1.82, 2.24) is 10.3 Å². The lowest BCUT2D eigenvalue weighted by Crippen LogP contribution is -2.48. The van der Waals surface area contributed by atoms with Crippen LogP contribution >= 0.6 is 11.8 Å². The van der Waals surface area contributed by atoms with Crippen molar-refractivity contribution in [3.8, 4) is 0 Å². The number of thioether (sulfide) groups is 1. The molecule has 1 aromatic carbocycles. The largest absolute Gasteiger partial charge is 0.480 e. The molecule has 2 atom stereocenters. The molecule has 0 aliphatic heterocycles. The molecule has 6 heteroatoms. The summed E-state index contributed by atoms with van der Waals surface area (Å²) in [5.74, 6) is -0.777. The number of carbonyl (C=O) groups is 1. The van der Waals surface area contributed by atoms with E-state index in [0.29, 0.717) is 18.1 Å². The van der Waals surface area contributed by atoms with Crippen molar-refractivity contribution in [3.63, 3.8) is 0 Å². The Kier molecular flexibility index (Phi) is 3.43. The Hall–Kier alpha value is -1.53. The molecule has 1 aliphatic carbocycles. The molecule has 106 valence electrons. The summed E-state index contributed by atoms with van der Waals surface area (Å²) in [6, 6.07) is 7.63. The summed E-state index contributed by atoms with van der Waals surface area (Å²) in [6.45, 7) is 0. The Balaban J connectivity index is 1.74. The number of nitrogens with zero attached hydrogens (tertiary/aromatic N) is 1. The van der Waals surface area contributed by atoms with Gasteiger partial charge in [0.2, 0.25) is 0 Å². The first-order chi connectivity index (χ1) is 9.63. The molecule has 2 N–H and O–H groups in total. The predicted molar refractivity (Wildman–Crippen MR) is 76.9 cm³/mol. The molecule has 0 bridgehead atoms. The number of aromatic nitrogens is 1. The molecule has 0 saturated heterocycles. The van der Waals surface area contributed by atoms with Gasteiger partial charge in [-0.1, -0.05) is 23.9 Å². The molecule has 2 unspecified atom stereocenters. The number of benzene rings is 1. The number of nitrogens with one attached hydrogen (secondary N) is 1. The third-order valence-electron chi connectivity index (χ3n) is 3.90. The molecule has 1 heterocycles. The van der Waals surface area contributed by atoms with Gasteiger partial charge in [-0.15, -0.1) is 0 Å². The molecule has 1 aromatic heterocycles. The number of oxazole rings is 1. The number of aliphatic carboxylic acids is 1. The maximum atomic E-state index is 11.4. The van der Waals surface area contributed by atoms with Gasteiger partial charge in [0.1, 0.15) is 11.1 Å². The van der Waals surface area contributed by atoms with Crippen LogP contribution in [0.25, 0.3) is 11.1 Å². The van der Waals surface area contributed by atoms with Crippen molar-refractivity contribution >= 4 is 28.8 Å². The van der Waals surface area contributed by atoms with Crippen molar-refractivity contribution in [3.05, 3.63) is 24.3 Å². The van der Waals surface area contributed by atoms with Crippen molar-refractivity contribution < 1.29 is 14.3 Å². The standard InChI is InChI=1S/C14H16N2O3S/c1-15-14(12(17)18)7-6-9(8-14)20-13-16-10-4-2-3-5-11(10)19-13/h2-5,9,15H,6-8H2,1H3,(H,17,18). The van der Waals surface area contributed by atoms with E-state index in [1.54, 1.807) is 7.05 Å². The Bertz CT molecular complexity index is 609. The van der Waals surface area contributed by atoms with Gasteiger partial charge in [-0.3, -0.25) is 4.79 Å². The third-order valence-corrected chi connectivity index (χ3v) is 5.01. The number of para-hydroxylation sites is 2. The number of hydrogen-bond donors (Lipinski definition) is 2. The molecule has 0 amide bonds. The molecule has 1 fully saturated rings. The molecule has 1 aliphatic rings. The van der Waals surface area contributed by atoms with Crippen molar-refractivity contribution in [1.29, 1.82) is 0 Å². The van der Waals surface area contributed by atoms with Crippen LogP contribution < -0.4 is 5.32 Å². The highest BCUT2D eigenvalue weighted by atomic mass is 32.2. The first-order valence-corrected chi connectivity index (χ1v) is 7.45. The summed E-state index contributed by atoms with van der Waals surface area (Å²) >= 11 is 1.53. The topological polar surface area (TPSA) is 75.4 Å². The minimum Gasteiger partial charge on any atom is -0.480 e. The number of fused-ring (bicyclic) bond motifs is 1. The Morgan fingerprint density at radius 2 is 2.35 bits per heavy atom. The van der Waals surface area contributed by atoms with E-state index in [0.717, 1.165) is 17.5 Å². The summed E-state index contributed by atoms with van der Waals surface area (Å²) in [6.07, 6.45) is 2.06. The van der Waals surface area contributed by atoms with Gasteiger partial charge in [0.25, 0.3) is 5.22 Å². The van der Waals surface area contributed by atoms with Crippen LogP contribution in [0.15, 0.2) is 33.9 Å². The van der Waals surface area contributed by atoms with Crippen molar-refractivity contribution in [2.75, 3.05) is 7.05 Å². The van der Waals surface area contributed by atoms with E-state index >= 15 is 0 Å². The van der Waals surface area contributed by atoms with E-state index in [2.05, 4.69) is 10.3 Å². The predicted octanol–water partition coefficient (Wildman–Crippen LogP) is 2.52. The molecule has 2 aromatic rings. The Morgan fingerprint density at radius 1 is 1.55 bits per heavy atom. The summed E-state index contributed by atoms with van der Waals surface area (Å²) in [7, 11) is 1.71. The average Bonchev–Trinajstić information content (AvgIpc) is 3.03. The lowest BCUT2D eigenvalue weighted by molar-refractivity contribution is -0.144. The zero-order valence-corrected chi connectivity index (χ0v) is 11.9. The van der Waals surface area contributed by atoms with Crippen molar-refractivity contribution in [2.24, 2.45) is 0 Å². The maximum absolute atomic E-state index is 11.4. The van der Waals surface area contributed by atoms with E-state index in [4.69, 9.17) is 4.42 Å². The summed E-state index contributed by atoms with van der Waals surface area (Å²) in [5, 5.41) is 13.1. The molecule has 0 spiro atoms. The number of rotatable bonds is 4. The van der Waals surface area contributed by atoms with Gasteiger partial charge >= 0.3 is 5.97 Å². The van der Waals surface area contributed by atoms with Crippen LogP contribution in [0.2, 0.25) is 0 Å². The average molecular weight is 292 g/mol. The first kappa shape index (κ1) is 13.5. The van der Waals surface area contributed by atoms with Gasteiger partial charge in [-0.05, 0) is 38.4 Å². The Morgan fingerprint density at radius 3 is 3.00 bits per heavy atom. The van der Waals surface area contributed by atoms with Gasteiger partial charge in [0.05, 0.1) is 0 Å². The third kappa shape index (κ3) is 2.29. The highest BCUT2D eigenvalue weighted by Gasteiger charge is 2.45. The van der Waals surface area contributed by atoms with Crippen molar-refractivity contribution in [2.45, 2.75) is 35.3 Å². The minimum atomic E-state index is -0.802. The highest BCUT2D eigenvalue weighted by molar-refractivity contribution is 7.99. The van der Waals surface area contributed by atoms with Gasteiger partial charge in [-0.25, -0.2) is 4.98 Å². The van der Waals surface area contributed by atoms with Gasteiger partial charge in [0.15, 0.2) is 5.58 Å². The zero-order chi connectivity index (χ0) is 14.2. The van der Waals surface area contributed by atoms with Gasteiger partial charge in [-0.2, -0.15) is 0 Å². The molecule has 20 heavy (non-hydrogen) atoms. The number of likely N-dealkylation sites (N-methyl/N-ethyl adjacent to an activating group) is 1. The van der Waals surface area contributed by atoms with Crippen LogP contribution in [0.4, 0.5) is 0 Å². The lowest BCUT2D eigenvalue weighted by Gasteiger charge is -2.23. The maximum Gasteiger partial charge on any atom is 0.323 e. The second kappa shape index (κ2) is 5.10. The van der Waals surface area contributed by atoms with Gasteiger partial charge < -0.3 is 14.8 Å². The zero-order valence-electron chi connectivity index (χ0n) is 11.1. The molecular formula is C14H16N2O3S. The summed E-state index contributed by atoms with van der Waals surface area (Å²) < 4.78 is 5.68. The minimum absolute atomic E-state index is 0.214. The van der Waals surface area contributed by atoms with Crippen LogP contribution in [0.5, 0.6) is 0 Å². The number of carboxylic acid groups (broad SMARTS) is 1. The van der Waals surface area contributed by atoms with E-state index in [1.807, 2.05) is 24.3 Å². The van der Waals surface area contributed by atoms with E-state index in [1.165, 1.54) is 11.8 Å². The van der Waals surface area contributed by atoms with Crippen LogP contribution in [0.3, 0.4) is 0 Å². The SMILES string of the molecule is CNC1(C(=O)O)CCC(Sc2nc3ccccc3o2)C1. The van der Waals surface area contributed by atoms with Gasteiger partial charge in [0, 0.05) is 5.25 Å².